The third kappa shape index (κ3) is 2.37. The smallest absolute Gasteiger partial charge is 0.274 e. The lowest BCUT2D eigenvalue weighted by Crippen LogP contribution is -2.50. The maximum absolute atomic E-state index is 12.3. The van der Waals surface area contributed by atoms with Crippen LogP contribution in [-0.2, 0) is 11.8 Å². The lowest BCUT2D eigenvalue weighted by atomic mass is 10.2. The van der Waals surface area contributed by atoms with Crippen LogP contribution in [0.4, 0.5) is 0 Å². The highest BCUT2D eigenvalue weighted by Crippen LogP contribution is 2.11. The Bertz CT molecular complexity index is 472. The summed E-state index contributed by atoms with van der Waals surface area (Å²) in [5.74, 6) is 0.0208. The van der Waals surface area contributed by atoms with E-state index in [0.29, 0.717) is 31.9 Å². The maximum Gasteiger partial charge on any atom is 0.274 e. The number of aromatic nitrogens is 2. The van der Waals surface area contributed by atoms with Crippen LogP contribution in [0.25, 0.3) is 0 Å². The SMILES string of the molecule is CC(=O)N1CCN(C(=O)c2nn(C)cc2C)CC1. The molecule has 98 valence electrons. The molecule has 0 radical (unpaired) electrons. The molecule has 18 heavy (non-hydrogen) atoms. The van der Waals surface area contributed by atoms with Gasteiger partial charge in [0.25, 0.3) is 5.91 Å². The molecule has 1 aliphatic rings. The molecule has 1 aromatic heterocycles. The zero-order valence-electron chi connectivity index (χ0n) is 11.0. The summed E-state index contributed by atoms with van der Waals surface area (Å²) in [6, 6.07) is 0. The molecule has 2 amide bonds. The summed E-state index contributed by atoms with van der Waals surface area (Å²) in [5, 5.41) is 4.18. The number of piperazine rings is 1. The van der Waals surface area contributed by atoms with Crippen molar-refractivity contribution in [3.8, 4) is 0 Å². The van der Waals surface area contributed by atoms with Gasteiger partial charge in [0, 0.05) is 51.9 Å². The number of hydrogen-bond donors (Lipinski definition) is 0. The van der Waals surface area contributed by atoms with Gasteiger partial charge >= 0.3 is 0 Å². The van der Waals surface area contributed by atoms with E-state index in [-0.39, 0.29) is 11.8 Å². The normalized spacial score (nSPS) is 15.9. The van der Waals surface area contributed by atoms with Crippen molar-refractivity contribution in [2.75, 3.05) is 26.2 Å². The Balaban J connectivity index is 2.04. The number of rotatable bonds is 1. The van der Waals surface area contributed by atoms with Crippen molar-refractivity contribution in [3.63, 3.8) is 0 Å². The second-order valence-electron chi connectivity index (χ2n) is 4.63. The number of nitrogens with zero attached hydrogens (tertiary/aromatic N) is 4. The number of hydrogen-bond acceptors (Lipinski definition) is 3. The molecule has 0 bridgehead atoms. The van der Waals surface area contributed by atoms with Gasteiger partial charge in [-0.15, -0.1) is 0 Å². The molecule has 0 aromatic carbocycles. The highest BCUT2D eigenvalue weighted by atomic mass is 16.2. The molecule has 1 aliphatic heterocycles. The van der Waals surface area contributed by atoms with Crippen LogP contribution in [0, 0.1) is 6.92 Å². The topological polar surface area (TPSA) is 58.4 Å². The van der Waals surface area contributed by atoms with Crippen LogP contribution < -0.4 is 0 Å². The molecule has 6 heteroatoms. The van der Waals surface area contributed by atoms with E-state index in [9.17, 15) is 9.59 Å². The summed E-state index contributed by atoms with van der Waals surface area (Å²) >= 11 is 0. The third-order valence-electron chi connectivity index (χ3n) is 3.23. The molecule has 0 spiro atoms. The first-order chi connectivity index (χ1) is 8.49. The van der Waals surface area contributed by atoms with Crippen molar-refractivity contribution in [1.82, 2.24) is 19.6 Å². The molecule has 0 aliphatic carbocycles. The van der Waals surface area contributed by atoms with Crippen LogP contribution in [0.5, 0.6) is 0 Å². The Morgan fingerprint density at radius 1 is 1.17 bits per heavy atom. The maximum atomic E-state index is 12.3. The van der Waals surface area contributed by atoms with Gasteiger partial charge in [0.15, 0.2) is 5.69 Å². The second-order valence-corrected chi connectivity index (χ2v) is 4.63. The van der Waals surface area contributed by atoms with Gasteiger partial charge in [0.2, 0.25) is 5.91 Å². The van der Waals surface area contributed by atoms with E-state index in [1.807, 2.05) is 13.1 Å². The van der Waals surface area contributed by atoms with Crippen molar-refractivity contribution in [3.05, 3.63) is 17.5 Å². The van der Waals surface area contributed by atoms with Gasteiger partial charge < -0.3 is 9.80 Å². The summed E-state index contributed by atoms with van der Waals surface area (Å²) in [6.07, 6.45) is 1.83. The molecule has 0 saturated carbocycles. The summed E-state index contributed by atoms with van der Waals surface area (Å²) in [4.78, 5) is 27.0. The van der Waals surface area contributed by atoms with Crippen LogP contribution in [0.1, 0.15) is 23.0 Å². The molecular formula is C12H18N4O2. The first-order valence-electron chi connectivity index (χ1n) is 6.04. The Hall–Kier alpha value is -1.85. The Morgan fingerprint density at radius 2 is 1.72 bits per heavy atom. The first-order valence-corrected chi connectivity index (χ1v) is 6.04. The van der Waals surface area contributed by atoms with E-state index in [1.54, 1.807) is 28.5 Å². The predicted molar refractivity (Wildman–Crippen MR) is 66.1 cm³/mol. The molecule has 2 rings (SSSR count). The quantitative estimate of drug-likeness (QED) is 0.706. The van der Waals surface area contributed by atoms with E-state index in [4.69, 9.17) is 0 Å². The van der Waals surface area contributed by atoms with Crippen LogP contribution in [0.15, 0.2) is 6.20 Å². The van der Waals surface area contributed by atoms with Crippen molar-refractivity contribution in [1.29, 1.82) is 0 Å². The van der Waals surface area contributed by atoms with Gasteiger partial charge in [-0.05, 0) is 6.92 Å². The predicted octanol–water partition coefficient (Wildman–Crippen LogP) is 0.0328. The van der Waals surface area contributed by atoms with E-state index < -0.39 is 0 Å². The third-order valence-corrected chi connectivity index (χ3v) is 3.23. The van der Waals surface area contributed by atoms with Crippen molar-refractivity contribution >= 4 is 11.8 Å². The standard InChI is InChI=1S/C12H18N4O2/c1-9-8-14(3)13-11(9)12(18)16-6-4-15(5-7-16)10(2)17/h8H,4-7H2,1-3H3. The van der Waals surface area contributed by atoms with Gasteiger partial charge in [-0.25, -0.2) is 0 Å². The molecular weight excluding hydrogens is 232 g/mol. The van der Waals surface area contributed by atoms with E-state index in [0.717, 1.165) is 5.56 Å². The minimum Gasteiger partial charge on any atom is -0.339 e. The molecule has 1 aromatic rings. The molecule has 2 heterocycles. The fourth-order valence-electron chi connectivity index (χ4n) is 2.19. The van der Waals surface area contributed by atoms with Gasteiger partial charge in [-0.1, -0.05) is 0 Å². The van der Waals surface area contributed by atoms with Crippen molar-refractivity contribution in [2.24, 2.45) is 7.05 Å². The van der Waals surface area contributed by atoms with Crippen LogP contribution in [-0.4, -0.2) is 57.6 Å². The number of aryl methyl sites for hydroxylation is 2. The molecule has 0 atom stereocenters. The van der Waals surface area contributed by atoms with Gasteiger partial charge in [0.05, 0.1) is 0 Å². The molecule has 0 unspecified atom stereocenters. The van der Waals surface area contributed by atoms with E-state index >= 15 is 0 Å². The molecule has 1 saturated heterocycles. The molecule has 0 N–H and O–H groups in total. The fraction of sp³-hybridized carbons (Fsp3) is 0.583. The zero-order chi connectivity index (χ0) is 13.3. The Morgan fingerprint density at radius 3 is 2.17 bits per heavy atom. The Kier molecular flexibility index (Phi) is 3.36. The van der Waals surface area contributed by atoms with Gasteiger partial charge in [-0.2, -0.15) is 5.10 Å². The highest BCUT2D eigenvalue weighted by Gasteiger charge is 2.25. The van der Waals surface area contributed by atoms with Crippen LogP contribution in [0.3, 0.4) is 0 Å². The summed E-state index contributed by atoms with van der Waals surface area (Å²) in [7, 11) is 1.80. The molecule has 6 nitrogen and oxygen atoms in total. The van der Waals surface area contributed by atoms with Crippen LogP contribution in [0.2, 0.25) is 0 Å². The second kappa shape index (κ2) is 4.80. The van der Waals surface area contributed by atoms with Gasteiger partial charge in [-0.3, -0.25) is 14.3 Å². The summed E-state index contributed by atoms with van der Waals surface area (Å²) < 4.78 is 1.65. The lowest BCUT2D eigenvalue weighted by Gasteiger charge is -2.33. The number of amides is 2. The van der Waals surface area contributed by atoms with Crippen LogP contribution >= 0.6 is 0 Å². The summed E-state index contributed by atoms with van der Waals surface area (Å²) in [6.45, 7) is 5.80. The van der Waals surface area contributed by atoms with E-state index in [1.165, 1.54) is 0 Å². The molecule has 1 fully saturated rings. The lowest BCUT2D eigenvalue weighted by molar-refractivity contribution is -0.130. The zero-order valence-corrected chi connectivity index (χ0v) is 11.0. The fourth-order valence-corrected chi connectivity index (χ4v) is 2.19. The number of carbonyl (C=O) groups excluding carboxylic acids is 2. The first kappa shape index (κ1) is 12.6. The average Bonchev–Trinajstić information content (AvgIpc) is 2.67. The highest BCUT2D eigenvalue weighted by molar-refractivity contribution is 5.93. The Labute approximate surface area is 106 Å². The van der Waals surface area contributed by atoms with Gasteiger partial charge in [0.1, 0.15) is 0 Å². The largest absolute Gasteiger partial charge is 0.339 e. The average molecular weight is 250 g/mol. The van der Waals surface area contributed by atoms with E-state index in [2.05, 4.69) is 5.10 Å². The van der Waals surface area contributed by atoms with Crippen molar-refractivity contribution in [2.45, 2.75) is 13.8 Å². The minimum absolute atomic E-state index is 0.0451. The summed E-state index contributed by atoms with van der Waals surface area (Å²) in [5.41, 5.74) is 1.39. The monoisotopic (exact) mass is 250 g/mol. The number of carbonyl (C=O) groups is 2. The van der Waals surface area contributed by atoms with Crippen molar-refractivity contribution < 1.29 is 9.59 Å². The minimum atomic E-state index is -0.0451.